The van der Waals surface area contributed by atoms with Gasteiger partial charge in [-0.2, -0.15) is 0 Å². The lowest BCUT2D eigenvalue weighted by atomic mass is 9.77. The van der Waals surface area contributed by atoms with E-state index in [0.717, 1.165) is 22.1 Å². The number of nitro benzene ring substituents is 1. The molecule has 116 valence electrons. The molecule has 4 nitrogen and oxygen atoms in total. The molecule has 0 fully saturated rings. The average Bonchev–Trinajstić information content (AvgIpc) is 3.03. The summed E-state index contributed by atoms with van der Waals surface area (Å²) in [5.74, 6) is 0.619. The summed E-state index contributed by atoms with van der Waals surface area (Å²) in [7, 11) is 0. The molecule has 0 amide bonds. The molecule has 1 aliphatic heterocycles. The summed E-state index contributed by atoms with van der Waals surface area (Å²) in [6.45, 7) is 0. The highest BCUT2D eigenvalue weighted by atomic mass is 79.9. The second kappa shape index (κ2) is 5.49. The molecule has 0 spiro atoms. The van der Waals surface area contributed by atoms with Crippen LogP contribution in [0.1, 0.15) is 29.5 Å². The second-order valence-corrected chi connectivity index (χ2v) is 6.97. The summed E-state index contributed by atoms with van der Waals surface area (Å²) in [6, 6.07) is 13.7. The molecular weight excluding hydrogens is 356 g/mol. The molecule has 3 atom stereocenters. The first-order chi connectivity index (χ1) is 11.1. The average molecular weight is 371 g/mol. The number of nitrogens with zero attached hydrogens (tertiary/aromatic N) is 1. The van der Waals surface area contributed by atoms with Crippen LogP contribution in [0.3, 0.4) is 0 Å². The first-order valence-electron chi connectivity index (χ1n) is 7.60. The molecule has 0 unspecified atom stereocenters. The van der Waals surface area contributed by atoms with E-state index in [2.05, 4.69) is 45.5 Å². The van der Waals surface area contributed by atoms with Gasteiger partial charge in [0.2, 0.25) is 0 Å². The van der Waals surface area contributed by atoms with Gasteiger partial charge in [0.05, 0.1) is 11.0 Å². The zero-order valence-corrected chi connectivity index (χ0v) is 13.9. The van der Waals surface area contributed by atoms with E-state index in [9.17, 15) is 10.1 Å². The van der Waals surface area contributed by atoms with Gasteiger partial charge in [-0.25, -0.2) is 0 Å². The zero-order valence-electron chi connectivity index (χ0n) is 12.3. The van der Waals surface area contributed by atoms with Crippen LogP contribution >= 0.6 is 15.9 Å². The normalized spacial score (nSPS) is 24.7. The van der Waals surface area contributed by atoms with Crippen LogP contribution < -0.4 is 5.32 Å². The van der Waals surface area contributed by atoms with E-state index in [-0.39, 0.29) is 22.6 Å². The number of nitrogens with one attached hydrogen (secondary N) is 1. The number of nitro groups is 1. The van der Waals surface area contributed by atoms with Crippen molar-refractivity contribution in [1.82, 2.24) is 0 Å². The van der Waals surface area contributed by atoms with Crippen molar-refractivity contribution in [2.75, 3.05) is 5.32 Å². The van der Waals surface area contributed by atoms with Crippen molar-refractivity contribution in [2.45, 2.75) is 18.4 Å². The number of non-ortho nitro benzene ring substituents is 1. The lowest BCUT2D eigenvalue weighted by molar-refractivity contribution is -0.384. The fraction of sp³-hybridized carbons (Fsp3) is 0.222. The smallest absolute Gasteiger partial charge is 0.269 e. The summed E-state index contributed by atoms with van der Waals surface area (Å²) < 4.78 is 1.06. The fourth-order valence-electron chi connectivity index (χ4n) is 3.73. The molecule has 23 heavy (non-hydrogen) atoms. The van der Waals surface area contributed by atoms with Gasteiger partial charge < -0.3 is 5.32 Å². The fourth-order valence-corrected chi connectivity index (χ4v) is 4.14. The zero-order chi connectivity index (χ0) is 16.0. The highest BCUT2D eigenvalue weighted by Gasteiger charge is 2.38. The number of benzene rings is 2. The van der Waals surface area contributed by atoms with Gasteiger partial charge in [-0.15, -0.1) is 0 Å². The highest BCUT2D eigenvalue weighted by molar-refractivity contribution is 9.10. The van der Waals surface area contributed by atoms with Gasteiger partial charge >= 0.3 is 0 Å². The minimum absolute atomic E-state index is 0.158. The van der Waals surface area contributed by atoms with Crippen molar-refractivity contribution in [3.05, 3.63) is 80.3 Å². The largest absolute Gasteiger partial charge is 0.378 e. The van der Waals surface area contributed by atoms with Gasteiger partial charge in [0.1, 0.15) is 0 Å². The summed E-state index contributed by atoms with van der Waals surface area (Å²) >= 11 is 3.54. The van der Waals surface area contributed by atoms with Gasteiger partial charge in [0, 0.05) is 28.2 Å². The van der Waals surface area contributed by atoms with Crippen LogP contribution in [-0.4, -0.2) is 4.92 Å². The topological polar surface area (TPSA) is 55.2 Å². The molecule has 2 aliphatic rings. The van der Waals surface area contributed by atoms with Crippen LogP contribution in [0.5, 0.6) is 0 Å². The molecule has 0 bridgehead atoms. The summed E-state index contributed by atoms with van der Waals surface area (Å²) in [4.78, 5) is 10.7. The van der Waals surface area contributed by atoms with Crippen LogP contribution in [0.2, 0.25) is 0 Å². The number of hydrogen-bond acceptors (Lipinski definition) is 3. The van der Waals surface area contributed by atoms with E-state index < -0.39 is 0 Å². The van der Waals surface area contributed by atoms with Gasteiger partial charge in [-0.1, -0.05) is 40.2 Å². The monoisotopic (exact) mass is 370 g/mol. The molecule has 4 rings (SSSR count). The Morgan fingerprint density at radius 3 is 2.87 bits per heavy atom. The highest BCUT2D eigenvalue weighted by Crippen LogP contribution is 2.50. The summed E-state index contributed by atoms with van der Waals surface area (Å²) in [5.41, 5.74) is 3.42. The van der Waals surface area contributed by atoms with Gasteiger partial charge in [-0.3, -0.25) is 10.1 Å². The lowest BCUT2D eigenvalue weighted by Gasteiger charge is -2.37. The first kappa shape index (κ1) is 14.5. The van der Waals surface area contributed by atoms with Crippen LogP contribution in [0.15, 0.2) is 59.1 Å². The Kier molecular flexibility index (Phi) is 3.45. The minimum atomic E-state index is -0.325. The molecule has 5 heteroatoms. The van der Waals surface area contributed by atoms with Crippen LogP contribution in [0.25, 0.3) is 0 Å². The first-order valence-corrected chi connectivity index (χ1v) is 8.40. The number of halogens is 1. The maximum absolute atomic E-state index is 11.1. The van der Waals surface area contributed by atoms with Gasteiger partial charge in [-0.05, 0) is 41.7 Å². The van der Waals surface area contributed by atoms with Gasteiger partial charge in [0.25, 0.3) is 5.69 Å². The van der Waals surface area contributed by atoms with Crippen LogP contribution in [0, 0.1) is 16.0 Å². The lowest BCUT2D eigenvalue weighted by Crippen LogP contribution is -2.29. The Morgan fingerprint density at radius 1 is 1.22 bits per heavy atom. The molecular formula is C18H15BrN2O2. The van der Waals surface area contributed by atoms with Crippen molar-refractivity contribution in [2.24, 2.45) is 5.92 Å². The van der Waals surface area contributed by atoms with Crippen molar-refractivity contribution < 1.29 is 4.92 Å². The molecule has 0 aromatic heterocycles. The third-order valence-electron chi connectivity index (χ3n) is 4.76. The van der Waals surface area contributed by atoms with Crippen molar-refractivity contribution >= 4 is 27.3 Å². The Labute approximate surface area is 142 Å². The molecule has 2 aromatic rings. The van der Waals surface area contributed by atoms with E-state index in [1.54, 1.807) is 12.1 Å². The van der Waals surface area contributed by atoms with Crippen molar-refractivity contribution in [1.29, 1.82) is 0 Å². The molecule has 2 aromatic carbocycles. The van der Waals surface area contributed by atoms with E-state index in [4.69, 9.17) is 0 Å². The molecule has 0 saturated carbocycles. The van der Waals surface area contributed by atoms with E-state index >= 15 is 0 Å². The Bertz CT molecular complexity index is 818. The summed E-state index contributed by atoms with van der Waals surface area (Å²) in [5, 5.41) is 14.7. The van der Waals surface area contributed by atoms with Crippen LogP contribution in [-0.2, 0) is 0 Å². The van der Waals surface area contributed by atoms with E-state index in [1.165, 1.54) is 5.56 Å². The molecule has 0 saturated heterocycles. The predicted octanol–water partition coefficient (Wildman–Crippen LogP) is 5.18. The maximum atomic E-state index is 11.1. The Hall–Kier alpha value is -2.14. The standard InChI is InChI=1S/C18H15BrN2O2/c19-12-4-1-3-11(9-12)18-15-6-2-5-14(15)16-10-13(21(22)23)7-8-17(16)20-18/h1-5,7-10,14-15,18,20H,6H2/t14-,15-,18+/m1/s1. The number of fused-ring (bicyclic) bond motifs is 3. The third kappa shape index (κ3) is 2.45. The second-order valence-electron chi connectivity index (χ2n) is 6.06. The third-order valence-corrected chi connectivity index (χ3v) is 5.26. The quantitative estimate of drug-likeness (QED) is 0.449. The Morgan fingerprint density at radius 2 is 2.09 bits per heavy atom. The van der Waals surface area contributed by atoms with E-state index in [1.807, 2.05) is 18.2 Å². The van der Waals surface area contributed by atoms with Crippen molar-refractivity contribution in [3.63, 3.8) is 0 Å². The molecule has 1 N–H and O–H groups in total. The minimum Gasteiger partial charge on any atom is -0.378 e. The molecule has 0 radical (unpaired) electrons. The molecule has 1 heterocycles. The Balaban J connectivity index is 1.79. The number of anilines is 1. The number of allylic oxidation sites excluding steroid dienone is 2. The predicted molar refractivity (Wildman–Crippen MR) is 93.6 cm³/mol. The number of rotatable bonds is 2. The van der Waals surface area contributed by atoms with Gasteiger partial charge in [0.15, 0.2) is 0 Å². The maximum Gasteiger partial charge on any atom is 0.269 e. The summed E-state index contributed by atoms with van der Waals surface area (Å²) in [6.07, 6.45) is 5.37. The number of hydrogen-bond donors (Lipinski definition) is 1. The van der Waals surface area contributed by atoms with E-state index in [0.29, 0.717) is 5.92 Å². The SMILES string of the molecule is O=[N+]([O-])c1ccc2c(c1)[C@@H]1C=CC[C@H]1[C@H](c1cccc(Br)c1)N2. The van der Waals surface area contributed by atoms with Crippen molar-refractivity contribution in [3.8, 4) is 0 Å². The van der Waals surface area contributed by atoms with Crippen LogP contribution in [0.4, 0.5) is 11.4 Å². The molecule has 1 aliphatic carbocycles.